The molecule has 0 bridgehead atoms. The molecule has 1 saturated heterocycles. The summed E-state index contributed by atoms with van der Waals surface area (Å²) in [7, 11) is 0. The van der Waals surface area contributed by atoms with Crippen LogP contribution >= 0.6 is 0 Å². The quantitative estimate of drug-likeness (QED) is 0.733. The number of rotatable bonds is 5. The highest BCUT2D eigenvalue weighted by atomic mass is 16.5. The Hall–Kier alpha value is -1.63. The Morgan fingerprint density at radius 1 is 1.42 bits per heavy atom. The number of piperazine rings is 1. The molecule has 0 saturated carbocycles. The Bertz CT molecular complexity index is 369. The molecule has 1 atom stereocenters. The third-order valence-electron chi connectivity index (χ3n) is 2.93. The van der Waals surface area contributed by atoms with Crippen LogP contribution in [0.2, 0.25) is 0 Å². The van der Waals surface area contributed by atoms with Crippen LogP contribution in [0, 0.1) is 0 Å². The maximum absolute atomic E-state index is 11.9. The summed E-state index contributed by atoms with van der Waals surface area (Å²) in [6, 6.07) is -0.642. The van der Waals surface area contributed by atoms with Gasteiger partial charge in [-0.2, -0.15) is 0 Å². The molecule has 0 spiro atoms. The average Bonchev–Trinajstić information content (AvgIpc) is 2.31. The first-order chi connectivity index (χ1) is 8.82. The predicted octanol–water partition coefficient (Wildman–Crippen LogP) is -0.445. The summed E-state index contributed by atoms with van der Waals surface area (Å²) < 4.78 is 5.22. The molecule has 1 aliphatic rings. The van der Waals surface area contributed by atoms with Gasteiger partial charge >= 0.3 is 5.97 Å². The lowest BCUT2D eigenvalue weighted by Gasteiger charge is -2.38. The summed E-state index contributed by atoms with van der Waals surface area (Å²) in [5.74, 6) is -1.64. The second-order valence-corrected chi connectivity index (χ2v) is 4.78. The number of aliphatic carboxylic acids is 1. The SMILES string of the molecule is CC(C)OCC(=O)N1CCN(CC(=O)O)C(=O)[C@@H]1C. The van der Waals surface area contributed by atoms with E-state index in [-0.39, 0.29) is 37.6 Å². The Balaban J connectivity index is 2.58. The van der Waals surface area contributed by atoms with Gasteiger partial charge in [-0.15, -0.1) is 0 Å². The smallest absolute Gasteiger partial charge is 0.323 e. The normalized spacial score (nSPS) is 20.0. The first-order valence-electron chi connectivity index (χ1n) is 6.24. The van der Waals surface area contributed by atoms with E-state index in [0.29, 0.717) is 6.54 Å². The van der Waals surface area contributed by atoms with Crippen LogP contribution in [0.5, 0.6) is 0 Å². The fourth-order valence-corrected chi connectivity index (χ4v) is 1.91. The lowest BCUT2D eigenvalue weighted by atomic mass is 10.1. The van der Waals surface area contributed by atoms with Crippen LogP contribution in [0.3, 0.4) is 0 Å². The van der Waals surface area contributed by atoms with Crippen molar-refractivity contribution in [2.75, 3.05) is 26.2 Å². The zero-order valence-corrected chi connectivity index (χ0v) is 11.5. The van der Waals surface area contributed by atoms with E-state index in [1.165, 1.54) is 9.80 Å². The zero-order valence-electron chi connectivity index (χ0n) is 11.5. The van der Waals surface area contributed by atoms with Crippen molar-refractivity contribution in [2.45, 2.75) is 32.9 Å². The molecule has 2 amide bonds. The van der Waals surface area contributed by atoms with Crippen molar-refractivity contribution in [3.63, 3.8) is 0 Å². The lowest BCUT2D eigenvalue weighted by Crippen LogP contribution is -2.59. The van der Waals surface area contributed by atoms with Crippen molar-refractivity contribution in [3.05, 3.63) is 0 Å². The van der Waals surface area contributed by atoms with Gasteiger partial charge < -0.3 is 19.6 Å². The number of carboxylic acids is 1. The average molecular weight is 272 g/mol. The lowest BCUT2D eigenvalue weighted by molar-refractivity contribution is -0.156. The van der Waals surface area contributed by atoms with Gasteiger partial charge in [0.15, 0.2) is 0 Å². The summed E-state index contributed by atoms with van der Waals surface area (Å²) in [4.78, 5) is 37.1. The van der Waals surface area contributed by atoms with Crippen LogP contribution in [0.4, 0.5) is 0 Å². The zero-order chi connectivity index (χ0) is 14.6. The van der Waals surface area contributed by atoms with E-state index in [4.69, 9.17) is 9.84 Å². The van der Waals surface area contributed by atoms with Crippen molar-refractivity contribution in [1.82, 2.24) is 9.80 Å². The third-order valence-corrected chi connectivity index (χ3v) is 2.93. The minimum atomic E-state index is -1.05. The molecule has 0 radical (unpaired) electrons. The highest BCUT2D eigenvalue weighted by Crippen LogP contribution is 2.11. The first-order valence-corrected chi connectivity index (χ1v) is 6.24. The molecule has 1 aliphatic heterocycles. The molecule has 0 aromatic heterocycles. The Kier molecular flexibility index (Phi) is 5.29. The summed E-state index contributed by atoms with van der Waals surface area (Å²) in [5, 5.41) is 8.70. The van der Waals surface area contributed by atoms with Gasteiger partial charge in [-0.25, -0.2) is 0 Å². The molecule has 1 N–H and O–H groups in total. The number of hydrogen-bond acceptors (Lipinski definition) is 4. The first kappa shape index (κ1) is 15.4. The van der Waals surface area contributed by atoms with Crippen LogP contribution in [-0.2, 0) is 19.1 Å². The number of nitrogens with zero attached hydrogens (tertiary/aromatic N) is 2. The molecule has 0 aliphatic carbocycles. The highest BCUT2D eigenvalue weighted by molar-refractivity contribution is 5.90. The fraction of sp³-hybridized carbons (Fsp3) is 0.750. The molecule has 1 heterocycles. The molecule has 19 heavy (non-hydrogen) atoms. The number of ether oxygens (including phenoxy) is 1. The van der Waals surface area contributed by atoms with Gasteiger partial charge in [-0.3, -0.25) is 14.4 Å². The molecule has 7 nitrogen and oxygen atoms in total. The maximum atomic E-state index is 11.9. The fourth-order valence-electron chi connectivity index (χ4n) is 1.91. The molecule has 1 fully saturated rings. The Labute approximate surface area is 112 Å². The standard InChI is InChI=1S/C12H20N2O5/c1-8(2)19-7-10(15)14-5-4-13(6-11(16)17)12(18)9(14)3/h8-9H,4-7H2,1-3H3,(H,16,17)/t9-/m0/s1. The number of hydrogen-bond donors (Lipinski definition) is 1. The van der Waals surface area contributed by atoms with Crippen LogP contribution in [-0.4, -0.2) is 71.1 Å². The van der Waals surface area contributed by atoms with Crippen molar-refractivity contribution < 1.29 is 24.2 Å². The Morgan fingerprint density at radius 3 is 2.58 bits per heavy atom. The number of carbonyl (C=O) groups is 3. The van der Waals surface area contributed by atoms with Gasteiger partial charge in [-0.1, -0.05) is 0 Å². The molecule has 1 rings (SSSR count). The van der Waals surface area contributed by atoms with E-state index >= 15 is 0 Å². The molecule has 0 unspecified atom stereocenters. The topological polar surface area (TPSA) is 87.2 Å². The highest BCUT2D eigenvalue weighted by Gasteiger charge is 2.34. The van der Waals surface area contributed by atoms with E-state index < -0.39 is 12.0 Å². The van der Waals surface area contributed by atoms with Crippen molar-refractivity contribution in [1.29, 1.82) is 0 Å². The summed E-state index contributed by atoms with van der Waals surface area (Å²) in [6.07, 6.45) is -0.0525. The van der Waals surface area contributed by atoms with E-state index in [1.54, 1.807) is 6.92 Å². The monoisotopic (exact) mass is 272 g/mol. The Morgan fingerprint density at radius 2 is 2.05 bits per heavy atom. The van der Waals surface area contributed by atoms with Crippen molar-refractivity contribution in [2.24, 2.45) is 0 Å². The summed E-state index contributed by atoms with van der Waals surface area (Å²) in [6.45, 7) is 5.44. The van der Waals surface area contributed by atoms with Gasteiger partial charge in [0, 0.05) is 13.1 Å². The van der Waals surface area contributed by atoms with Crippen LogP contribution in [0.1, 0.15) is 20.8 Å². The third kappa shape index (κ3) is 4.20. The predicted molar refractivity (Wildman–Crippen MR) is 66.5 cm³/mol. The maximum Gasteiger partial charge on any atom is 0.323 e. The molecule has 0 aromatic carbocycles. The minimum Gasteiger partial charge on any atom is -0.480 e. The van der Waals surface area contributed by atoms with Crippen LogP contribution in [0.25, 0.3) is 0 Å². The van der Waals surface area contributed by atoms with Gasteiger partial charge in [0.1, 0.15) is 19.2 Å². The summed E-state index contributed by atoms with van der Waals surface area (Å²) in [5.41, 5.74) is 0. The van der Waals surface area contributed by atoms with Crippen LogP contribution < -0.4 is 0 Å². The number of amides is 2. The molecular weight excluding hydrogens is 252 g/mol. The minimum absolute atomic E-state index is 0.0525. The van der Waals surface area contributed by atoms with E-state index in [0.717, 1.165) is 0 Å². The molecule has 7 heteroatoms. The van der Waals surface area contributed by atoms with E-state index in [1.807, 2.05) is 13.8 Å². The van der Waals surface area contributed by atoms with Crippen molar-refractivity contribution in [3.8, 4) is 0 Å². The van der Waals surface area contributed by atoms with Gasteiger partial charge in [0.25, 0.3) is 0 Å². The van der Waals surface area contributed by atoms with E-state index in [9.17, 15) is 14.4 Å². The van der Waals surface area contributed by atoms with Gasteiger partial charge in [0.2, 0.25) is 11.8 Å². The molecular formula is C12H20N2O5. The van der Waals surface area contributed by atoms with Gasteiger partial charge in [-0.05, 0) is 20.8 Å². The van der Waals surface area contributed by atoms with Gasteiger partial charge in [0.05, 0.1) is 6.10 Å². The molecule has 0 aromatic rings. The number of carboxylic acid groups (broad SMARTS) is 1. The largest absolute Gasteiger partial charge is 0.480 e. The number of carbonyl (C=O) groups excluding carboxylic acids is 2. The summed E-state index contributed by atoms with van der Waals surface area (Å²) >= 11 is 0. The second kappa shape index (κ2) is 6.51. The van der Waals surface area contributed by atoms with Crippen LogP contribution in [0.15, 0.2) is 0 Å². The second-order valence-electron chi connectivity index (χ2n) is 4.78. The van der Waals surface area contributed by atoms with Crippen molar-refractivity contribution >= 4 is 17.8 Å². The molecule has 108 valence electrons. The van der Waals surface area contributed by atoms with E-state index in [2.05, 4.69) is 0 Å².